The largest absolute Gasteiger partial charge is 0.530 e. The Morgan fingerprint density at radius 2 is 1.05 bits per heavy atom. The molecule has 3 heterocycles. The number of hydrogen-bond acceptors (Lipinski definition) is 12. The molecule has 4 bridgehead atoms. The molecule has 12 nitrogen and oxygen atoms in total. The Morgan fingerprint density at radius 1 is 0.684 bits per heavy atom. The number of aliphatic hydroxyl groups is 2. The molecule has 0 amide bonds. The van der Waals surface area contributed by atoms with Crippen LogP contribution in [0.1, 0.15) is 13.8 Å². The molecule has 208 valence electrons. The summed E-state index contributed by atoms with van der Waals surface area (Å²) in [6.45, 7) is 2.35. The van der Waals surface area contributed by atoms with Crippen molar-refractivity contribution < 1.29 is 56.0 Å². The zero-order valence-corrected chi connectivity index (χ0v) is 22.5. The molecule has 3 aliphatic heterocycles. The Hall–Kier alpha value is -1.82. The summed E-state index contributed by atoms with van der Waals surface area (Å²) in [4.78, 5) is 0. The van der Waals surface area contributed by atoms with Crippen molar-refractivity contribution in [3.05, 3.63) is 60.7 Å². The number of hydrogen-bond donors (Lipinski definition) is 2. The van der Waals surface area contributed by atoms with Crippen molar-refractivity contribution in [2.45, 2.75) is 62.7 Å². The van der Waals surface area contributed by atoms with Crippen molar-refractivity contribution in [3.63, 3.8) is 0 Å². The molecule has 5 rings (SSSR count). The second-order valence-corrected chi connectivity index (χ2v) is 12.3. The Bertz CT molecular complexity index is 1080. The van der Waals surface area contributed by atoms with E-state index in [1.54, 1.807) is 74.5 Å². The third-order valence-corrected chi connectivity index (χ3v) is 9.16. The maximum Gasteiger partial charge on any atom is 0.530 e. The van der Waals surface area contributed by atoms with Crippen LogP contribution in [0.2, 0.25) is 0 Å². The van der Waals surface area contributed by atoms with Crippen LogP contribution < -0.4 is 9.05 Å². The van der Waals surface area contributed by atoms with E-state index in [1.807, 2.05) is 0 Å². The standard InChI is InChI=1S/C24H30O12P2/c1-15-23-21(25)19(31-15)13-29-38(28,34-18-11-7-4-8-12-18)36-24-16(2)32-20(22(24)26)14-30-37(27,35-23)33-17-9-5-3-6-10-17/h3-12,15-16,19-26H,13-14H2,1-2H3. The molecule has 14 heteroatoms. The van der Waals surface area contributed by atoms with E-state index in [1.165, 1.54) is 0 Å². The highest BCUT2D eigenvalue weighted by molar-refractivity contribution is 7.49. The van der Waals surface area contributed by atoms with E-state index >= 15 is 0 Å². The number of ether oxygens (including phenoxy) is 2. The highest BCUT2D eigenvalue weighted by atomic mass is 31.2. The molecule has 0 spiro atoms. The number of benzene rings is 2. The quantitative estimate of drug-likeness (QED) is 0.517. The maximum absolute atomic E-state index is 13.7. The molecule has 0 aliphatic carbocycles. The highest BCUT2D eigenvalue weighted by Crippen LogP contribution is 2.55. The first-order valence-corrected chi connectivity index (χ1v) is 15.1. The normalized spacial score (nSPS) is 41.8. The van der Waals surface area contributed by atoms with Gasteiger partial charge in [0.25, 0.3) is 0 Å². The van der Waals surface area contributed by atoms with E-state index < -0.39 is 77.7 Å². The van der Waals surface area contributed by atoms with Gasteiger partial charge in [0.2, 0.25) is 0 Å². The van der Waals surface area contributed by atoms with E-state index in [-0.39, 0.29) is 11.5 Å². The van der Waals surface area contributed by atoms with Crippen molar-refractivity contribution in [2.24, 2.45) is 0 Å². The number of para-hydroxylation sites is 2. The number of rotatable bonds is 4. The van der Waals surface area contributed by atoms with Gasteiger partial charge in [-0.2, -0.15) is 0 Å². The lowest BCUT2D eigenvalue weighted by atomic mass is 10.1. The average Bonchev–Trinajstić information content (AvgIpc) is 3.31. The van der Waals surface area contributed by atoms with Gasteiger partial charge in [-0.05, 0) is 38.1 Å². The molecule has 2 aromatic carbocycles. The third-order valence-electron chi connectivity index (χ3n) is 6.36. The second kappa shape index (κ2) is 11.3. The molecular weight excluding hydrogens is 542 g/mol. The Kier molecular flexibility index (Phi) is 8.28. The van der Waals surface area contributed by atoms with Gasteiger partial charge in [-0.25, -0.2) is 9.13 Å². The molecule has 3 aliphatic rings. The summed E-state index contributed by atoms with van der Waals surface area (Å²) in [6, 6.07) is 16.5. The fourth-order valence-corrected chi connectivity index (χ4v) is 7.34. The summed E-state index contributed by atoms with van der Waals surface area (Å²) in [6.07, 6.45) is -8.65. The monoisotopic (exact) mass is 572 g/mol. The SMILES string of the molecule is CC1OC2COP(=O)(Oc3ccccc3)OC3C(C)OC(COP(=O)(Oc4ccccc4)OC1C2O)C3O. The smallest absolute Gasteiger partial charge is 0.404 e. The predicted octanol–water partition coefficient (Wildman–Crippen LogP) is 3.47. The van der Waals surface area contributed by atoms with Crippen molar-refractivity contribution in [1.82, 2.24) is 0 Å². The summed E-state index contributed by atoms with van der Waals surface area (Å²) in [5.41, 5.74) is 0. The molecule has 38 heavy (non-hydrogen) atoms. The van der Waals surface area contributed by atoms with Crippen molar-refractivity contribution in [3.8, 4) is 11.5 Å². The Balaban J connectivity index is 1.44. The van der Waals surface area contributed by atoms with Crippen molar-refractivity contribution in [1.29, 1.82) is 0 Å². The molecule has 3 saturated heterocycles. The molecule has 10 atom stereocenters. The third kappa shape index (κ3) is 6.16. The van der Waals surface area contributed by atoms with Gasteiger partial charge in [-0.1, -0.05) is 36.4 Å². The number of aliphatic hydroxyl groups excluding tert-OH is 2. The lowest BCUT2D eigenvalue weighted by molar-refractivity contribution is -0.0311. The molecule has 0 aromatic heterocycles. The number of phosphoric ester groups is 2. The van der Waals surface area contributed by atoms with E-state index in [4.69, 9.17) is 36.6 Å². The molecular formula is C24H30O12P2. The predicted molar refractivity (Wildman–Crippen MR) is 132 cm³/mol. The zero-order valence-electron chi connectivity index (χ0n) is 20.7. The topological polar surface area (TPSA) is 148 Å². The fourth-order valence-electron chi connectivity index (χ4n) is 4.42. The molecule has 0 saturated carbocycles. The molecule has 10 unspecified atom stereocenters. The van der Waals surface area contributed by atoms with Gasteiger partial charge in [0.15, 0.2) is 0 Å². The zero-order chi connectivity index (χ0) is 26.9. The Morgan fingerprint density at radius 3 is 1.42 bits per heavy atom. The summed E-state index contributed by atoms with van der Waals surface area (Å²) in [5, 5.41) is 21.9. The maximum atomic E-state index is 13.7. The summed E-state index contributed by atoms with van der Waals surface area (Å²) in [7, 11) is -8.75. The lowest BCUT2D eigenvalue weighted by Gasteiger charge is -2.28. The van der Waals surface area contributed by atoms with Crippen LogP contribution in [-0.4, -0.2) is 72.3 Å². The lowest BCUT2D eigenvalue weighted by Crippen LogP contribution is -2.38. The van der Waals surface area contributed by atoms with Gasteiger partial charge in [0.1, 0.15) is 48.1 Å². The van der Waals surface area contributed by atoms with E-state index in [9.17, 15) is 19.3 Å². The summed E-state index contributed by atoms with van der Waals surface area (Å²) < 4.78 is 72.9. The van der Waals surface area contributed by atoms with E-state index in [0.29, 0.717) is 0 Å². The van der Waals surface area contributed by atoms with Gasteiger partial charge in [-0.3, -0.25) is 18.1 Å². The molecule has 2 N–H and O–H groups in total. The average molecular weight is 572 g/mol. The van der Waals surface area contributed by atoms with Gasteiger partial charge < -0.3 is 28.7 Å². The van der Waals surface area contributed by atoms with Crippen LogP contribution in [0.15, 0.2) is 60.7 Å². The van der Waals surface area contributed by atoms with Crippen LogP contribution in [-0.2, 0) is 36.7 Å². The number of fused-ring (bicyclic) bond motifs is 4. The van der Waals surface area contributed by atoms with Crippen LogP contribution in [0.5, 0.6) is 11.5 Å². The fraction of sp³-hybridized carbons (Fsp3) is 0.500. The molecule has 3 fully saturated rings. The van der Waals surface area contributed by atoms with Crippen molar-refractivity contribution in [2.75, 3.05) is 13.2 Å². The number of phosphoric acid groups is 2. The summed E-state index contributed by atoms with van der Waals surface area (Å²) >= 11 is 0. The van der Waals surface area contributed by atoms with Crippen LogP contribution in [0.25, 0.3) is 0 Å². The molecule has 2 aromatic rings. The second-order valence-electron chi connectivity index (χ2n) is 9.18. The minimum absolute atomic E-state index is 0.208. The van der Waals surface area contributed by atoms with Gasteiger partial charge in [0, 0.05) is 0 Å². The van der Waals surface area contributed by atoms with Crippen molar-refractivity contribution >= 4 is 15.6 Å². The minimum Gasteiger partial charge on any atom is -0.404 e. The van der Waals surface area contributed by atoms with Crippen LogP contribution >= 0.6 is 15.6 Å². The van der Waals surface area contributed by atoms with E-state index in [0.717, 1.165) is 0 Å². The van der Waals surface area contributed by atoms with Crippen LogP contribution in [0.4, 0.5) is 0 Å². The Labute approximate surface area is 219 Å². The first kappa shape index (κ1) is 27.7. The van der Waals surface area contributed by atoms with E-state index in [2.05, 4.69) is 0 Å². The minimum atomic E-state index is -4.37. The van der Waals surface area contributed by atoms with Crippen LogP contribution in [0.3, 0.4) is 0 Å². The van der Waals surface area contributed by atoms with Gasteiger partial charge >= 0.3 is 15.6 Å². The van der Waals surface area contributed by atoms with Gasteiger partial charge in [0.05, 0.1) is 25.4 Å². The first-order valence-electron chi connectivity index (χ1n) is 12.2. The highest BCUT2D eigenvalue weighted by Gasteiger charge is 2.52. The van der Waals surface area contributed by atoms with Crippen LogP contribution in [0, 0.1) is 0 Å². The first-order chi connectivity index (χ1) is 18.1. The van der Waals surface area contributed by atoms with Gasteiger partial charge in [-0.15, -0.1) is 0 Å². The molecule has 0 radical (unpaired) electrons. The summed E-state index contributed by atoms with van der Waals surface area (Å²) in [5.74, 6) is 0.415.